The van der Waals surface area contributed by atoms with Gasteiger partial charge in [-0.3, -0.25) is 9.89 Å². The number of aldehydes is 1. The second-order valence-electron chi connectivity index (χ2n) is 2.86. The number of aromatic amines is 1. The van der Waals surface area contributed by atoms with E-state index < -0.39 is 0 Å². The second-order valence-corrected chi connectivity index (χ2v) is 3.27. The Morgan fingerprint density at radius 3 is 3.00 bits per heavy atom. The van der Waals surface area contributed by atoms with Crippen LogP contribution in [0.4, 0.5) is 0 Å². The van der Waals surface area contributed by atoms with Crippen molar-refractivity contribution >= 4 is 28.8 Å². The number of carbonyl (C=O) groups is 1. The van der Waals surface area contributed by atoms with Gasteiger partial charge in [0.25, 0.3) is 0 Å². The first-order valence-electron chi connectivity index (χ1n) is 3.82. The molecule has 0 spiro atoms. The summed E-state index contributed by atoms with van der Waals surface area (Å²) in [5.41, 5.74) is 2.19. The minimum Gasteiger partial charge on any atom is -0.298 e. The minimum atomic E-state index is 0.545. The van der Waals surface area contributed by atoms with Gasteiger partial charge in [0.15, 0.2) is 0 Å². The van der Waals surface area contributed by atoms with Crippen LogP contribution in [0.1, 0.15) is 16.1 Å². The summed E-state index contributed by atoms with van der Waals surface area (Å²) in [6, 6.07) is 3.34. The molecule has 0 saturated heterocycles. The molecule has 0 bridgehead atoms. The van der Waals surface area contributed by atoms with E-state index in [1.165, 1.54) is 0 Å². The van der Waals surface area contributed by atoms with Crippen LogP contribution in [0.3, 0.4) is 0 Å². The molecule has 0 radical (unpaired) electrons. The number of halogens is 1. The Kier molecular flexibility index (Phi) is 1.81. The number of carbonyl (C=O) groups excluding carboxylic acids is 1. The van der Waals surface area contributed by atoms with E-state index in [9.17, 15) is 4.79 Å². The van der Waals surface area contributed by atoms with Crippen molar-refractivity contribution in [3.63, 3.8) is 0 Å². The predicted molar refractivity (Wildman–Crippen MR) is 51.2 cm³/mol. The fourth-order valence-electron chi connectivity index (χ4n) is 1.34. The number of hydrogen-bond acceptors (Lipinski definition) is 2. The highest BCUT2D eigenvalue weighted by Gasteiger charge is 2.07. The summed E-state index contributed by atoms with van der Waals surface area (Å²) in [4.78, 5) is 10.5. The normalized spacial score (nSPS) is 10.6. The topological polar surface area (TPSA) is 45.8 Å². The lowest BCUT2D eigenvalue weighted by Gasteiger charge is -1.95. The molecule has 0 unspecified atom stereocenters. The number of aryl methyl sites for hydroxylation is 1. The first-order valence-corrected chi connectivity index (χ1v) is 4.19. The van der Waals surface area contributed by atoms with Crippen molar-refractivity contribution in [2.24, 2.45) is 0 Å². The molecule has 0 saturated carbocycles. The molecule has 66 valence electrons. The standard InChI is InChI=1S/C9H7ClN2O/c1-5-9-7(10)2-6(4-13)3-8(9)12-11-5/h2-4H,1H3,(H,11,12). The molecular weight excluding hydrogens is 188 g/mol. The molecule has 2 aromatic rings. The number of H-pyrrole nitrogens is 1. The Labute approximate surface area is 79.7 Å². The zero-order chi connectivity index (χ0) is 9.42. The maximum Gasteiger partial charge on any atom is 0.150 e. The van der Waals surface area contributed by atoms with E-state index in [0.29, 0.717) is 10.6 Å². The van der Waals surface area contributed by atoms with Crippen molar-refractivity contribution in [1.82, 2.24) is 10.2 Å². The summed E-state index contributed by atoms with van der Waals surface area (Å²) in [6.07, 6.45) is 0.759. The highest BCUT2D eigenvalue weighted by Crippen LogP contribution is 2.25. The molecule has 0 atom stereocenters. The van der Waals surface area contributed by atoms with Gasteiger partial charge in [0.05, 0.1) is 10.5 Å². The number of nitrogens with zero attached hydrogens (tertiary/aromatic N) is 1. The van der Waals surface area contributed by atoms with Crippen molar-refractivity contribution < 1.29 is 4.79 Å². The van der Waals surface area contributed by atoms with Crippen molar-refractivity contribution in [2.75, 3.05) is 0 Å². The summed E-state index contributed by atoms with van der Waals surface area (Å²) in [5.74, 6) is 0. The molecule has 0 aliphatic rings. The molecule has 13 heavy (non-hydrogen) atoms. The van der Waals surface area contributed by atoms with Crippen LogP contribution in [-0.4, -0.2) is 16.5 Å². The average Bonchev–Trinajstić information content (AvgIpc) is 2.48. The Morgan fingerprint density at radius 1 is 1.54 bits per heavy atom. The van der Waals surface area contributed by atoms with E-state index in [2.05, 4.69) is 10.2 Å². The molecule has 1 heterocycles. The second kappa shape index (κ2) is 2.85. The maximum atomic E-state index is 10.5. The van der Waals surface area contributed by atoms with Gasteiger partial charge in [-0.25, -0.2) is 0 Å². The lowest BCUT2D eigenvalue weighted by Crippen LogP contribution is -1.80. The van der Waals surface area contributed by atoms with Gasteiger partial charge in [-0.05, 0) is 19.1 Å². The highest BCUT2D eigenvalue weighted by atomic mass is 35.5. The van der Waals surface area contributed by atoms with E-state index in [-0.39, 0.29) is 0 Å². The van der Waals surface area contributed by atoms with E-state index in [4.69, 9.17) is 11.6 Å². The van der Waals surface area contributed by atoms with Crippen molar-refractivity contribution in [1.29, 1.82) is 0 Å². The zero-order valence-corrected chi connectivity index (χ0v) is 7.72. The Balaban J connectivity index is 2.86. The lowest BCUT2D eigenvalue weighted by atomic mass is 10.1. The number of hydrogen-bond donors (Lipinski definition) is 1. The van der Waals surface area contributed by atoms with Crippen LogP contribution in [-0.2, 0) is 0 Å². The molecule has 1 aromatic carbocycles. The van der Waals surface area contributed by atoms with Crippen LogP contribution in [0, 0.1) is 6.92 Å². The van der Waals surface area contributed by atoms with E-state index >= 15 is 0 Å². The molecule has 4 heteroatoms. The fraction of sp³-hybridized carbons (Fsp3) is 0.111. The summed E-state index contributed by atoms with van der Waals surface area (Å²) in [7, 11) is 0. The van der Waals surface area contributed by atoms with E-state index in [1.807, 2.05) is 6.92 Å². The van der Waals surface area contributed by atoms with Crippen LogP contribution in [0.25, 0.3) is 10.9 Å². The first-order chi connectivity index (χ1) is 6.22. The van der Waals surface area contributed by atoms with Gasteiger partial charge in [0, 0.05) is 16.6 Å². The smallest absolute Gasteiger partial charge is 0.150 e. The van der Waals surface area contributed by atoms with Crippen molar-refractivity contribution in [3.8, 4) is 0 Å². The van der Waals surface area contributed by atoms with Crippen molar-refractivity contribution in [2.45, 2.75) is 6.92 Å². The third-order valence-corrected chi connectivity index (χ3v) is 2.24. The average molecular weight is 195 g/mol. The Hall–Kier alpha value is -1.35. The van der Waals surface area contributed by atoms with Gasteiger partial charge in [0.1, 0.15) is 6.29 Å². The monoisotopic (exact) mass is 194 g/mol. The molecule has 2 rings (SSSR count). The minimum absolute atomic E-state index is 0.545. The number of aromatic nitrogens is 2. The summed E-state index contributed by atoms with van der Waals surface area (Å²) in [6.45, 7) is 1.89. The SMILES string of the molecule is Cc1[nH]nc2cc(C=O)cc(Cl)c12. The van der Waals surface area contributed by atoms with Gasteiger partial charge < -0.3 is 0 Å². The van der Waals surface area contributed by atoms with Crippen LogP contribution in [0.5, 0.6) is 0 Å². The largest absolute Gasteiger partial charge is 0.298 e. The van der Waals surface area contributed by atoms with E-state index in [1.54, 1.807) is 12.1 Å². The summed E-state index contributed by atoms with van der Waals surface area (Å²) >= 11 is 5.97. The third-order valence-electron chi connectivity index (χ3n) is 1.95. The third kappa shape index (κ3) is 1.21. The van der Waals surface area contributed by atoms with Crippen LogP contribution in [0.2, 0.25) is 5.02 Å². The first kappa shape index (κ1) is 8.26. The van der Waals surface area contributed by atoms with Gasteiger partial charge in [-0.1, -0.05) is 11.6 Å². The molecule has 0 fully saturated rings. The quantitative estimate of drug-likeness (QED) is 0.709. The highest BCUT2D eigenvalue weighted by molar-refractivity contribution is 6.36. The predicted octanol–water partition coefficient (Wildman–Crippen LogP) is 2.34. The molecule has 1 aromatic heterocycles. The summed E-state index contributed by atoms with van der Waals surface area (Å²) < 4.78 is 0. The van der Waals surface area contributed by atoms with Gasteiger partial charge >= 0.3 is 0 Å². The van der Waals surface area contributed by atoms with Crippen molar-refractivity contribution in [3.05, 3.63) is 28.4 Å². The molecular formula is C9H7ClN2O. The van der Waals surface area contributed by atoms with Crippen LogP contribution < -0.4 is 0 Å². The van der Waals surface area contributed by atoms with Crippen LogP contribution in [0.15, 0.2) is 12.1 Å². The van der Waals surface area contributed by atoms with Gasteiger partial charge in [-0.15, -0.1) is 0 Å². The van der Waals surface area contributed by atoms with Gasteiger partial charge in [-0.2, -0.15) is 5.10 Å². The Morgan fingerprint density at radius 2 is 2.31 bits per heavy atom. The lowest BCUT2D eigenvalue weighted by molar-refractivity contribution is 0.112. The zero-order valence-electron chi connectivity index (χ0n) is 6.97. The van der Waals surface area contributed by atoms with E-state index in [0.717, 1.165) is 22.9 Å². The molecule has 0 aliphatic carbocycles. The number of nitrogens with one attached hydrogen (secondary N) is 1. The summed E-state index contributed by atoms with van der Waals surface area (Å²) in [5, 5.41) is 8.28. The number of rotatable bonds is 1. The van der Waals surface area contributed by atoms with Gasteiger partial charge in [0.2, 0.25) is 0 Å². The Bertz CT molecular complexity index is 476. The maximum absolute atomic E-state index is 10.5. The fourth-order valence-corrected chi connectivity index (χ4v) is 1.70. The molecule has 0 amide bonds. The number of benzene rings is 1. The van der Waals surface area contributed by atoms with Crippen LogP contribution >= 0.6 is 11.6 Å². The molecule has 3 nitrogen and oxygen atoms in total. The molecule has 1 N–H and O–H groups in total. The number of fused-ring (bicyclic) bond motifs is 1. The molecule has 0 aliphatic heterocycles.